The fourth-order valence-corrected chi connectivity index (χ4v) is 1.99. The van der Waals surface area contributed by atoms with E-state index in [1.165, 1.54) is 23.5 Å². The highest BCUT2D eigenvalue weighted by atomic mass is 16.4. The molecule has 0 aliphatic carbocycles. The summed E-state index contributed by atoms with van der Waals surface area (Å²) in [5, 5.41) is 9.15. The minimum absolute atomic E-state index is 0.149. The average molecular weight is 319 g/mol. The van der Waals surface area contributed by atoms with Gasteiger partial charge in [0.25, 0.3) is 11.5 Å². The zero-order valence-corrected chi connectivity index (χ0v) is 12.8. The fraction of sp³-hybridized carbons (Fsp3) is 0.357. The van der Waals surface area contributed by atoms with Crippen molar-refractivity contribution in [2.75, 3.05) is 33.7 Å². The van der Waals surface area contributed by atoms with Crippen LogP contribution in [0.4, 0.5) is 0 Å². The molecule has 0 bridgehead atoms. The number of amides is 1. The fourth-order valence-electron chi connectivity index (χ4n) is 1.99. The maximum absolute atomic E-state index is 12.5. The summed E-state index contributed by atoms with van der Waals surface area (Å²) in [6.07, 6.45) is 2.52. The number of hydrogen-bond acceptors (Lipinski definition) is 6. The van der Waals surface area contributed by atoms with Gasteiger partial charge in [-0.05, 0) is 20.2 Å². The van der Waals surface area contributed by atoms with Gasteiger partial charge in [0.15, 0.2) is 5.65 Å². The van der Waals surface area contributed by atoms with E-state index in [9.17, 15) is 14.4 Å². The highest BCUT2D eigenvalue weighted by Gasteiger charge is 2.19. The van der Waals surface area contributed by atoms with E-state index in [1.54, 1.807) is 0 Å². The number of nitrogens with one attached hydrogen (secondary N) is 1. The average Bonchev–Trinajstić information content (AvgIpc) is 2.50. The molecule has 0 saturated heterocycles. The molecule has 122 valence electrons. The molecule has 2 aromatic rings. The summed E-state index contributed by atoms with van der Waals surface area (Å²) in [6, 6.07) is 1.38. The Labute approximate surface area is 131 Å². The van der Waals surface area contributed by atoms with Crippen LogP contribution in [0.25, 0.3) is 11.0 Å². The molecule has 0 fully saturated rings. The molecule has 0 aliphatic rings. The van der Waals surface area contributed by atoms with E-state index in [0.29, 0.717) is 6.54 Å². The normalized spacial score (nSPS) is 10.9. The van der Waals surface area contributed by atoms with Gasteiger partial charge in [0, 0.05) is 19.3 Å². The number of pyridine rings is 1. The maximum Gasteiger partial charge on any atom is 0.323 e. The lowest BCUT2D eigenvalue weighted by Crippen LogP contribution is -2.40. The molecule has 9 heteroatoms. The van der Waals surface area contributed by atoms with Gasteiger partial charge >= 0.3 is 5.97 Å². The number of rotatable bonds is 6. The number of likely N-dealkylation sites (N-methyl/N-ethyl adjacent to an activating group) is 1. The Hall–Kier alpha value is -2.81. The molecule has 2 N–H and O–H groups in total. The Kier molecular flexibility index (Phi) is 5.02. The van der Waals surface area contributed by atoms with Crippen molar-refractivity contribution in [3.05, 3.63) is 34.5 Å². The molecule has 0 atom stereocenters. The van der Waals surface area contributed by atoms with Gasteiger partial charge in [0.2, 0.25) is 0 Å². The number of carboxylic acids is 1. The summed E-state index contributed by atoms with van der Waals surface area (Å²) < 4.78 is 0. The first-order chi connectivity index (χ1) is 10.9. The molecule has 2 heterocycles. The van der Waals surface area contributed by atoms with E-state index in [1.807, 2.05) is 19.0 Å². The summed E-state index contributed by atoms with van der Waals surface area (Å²) in [5.41, 5.74) is -0.0328. The zero-order valence-electron chi connectivity index (χ0n) is 12.8. The van der Waals surface area contributed by atoms with Crippen LogP contribution >= 0.6 is 0 Å². The van der Waals surface area contributed by atoms with Crippen LogP contribution in [-0.4, -0.2) is 75.5 Å². The number of carbonyl (C=O) groups is 2. The van der Waals surface area contributed by atoms with Crippen LogP contribution in [-0.2, 0) is 4.79 Å². The van der Waals surface area contributed by atoms with Crippen molar-refractivity contribution < 1.29 is 14.7 Å². The smallest absolute Gasteiger partial charge is 0.323 e. The van der Waals surface area contributed by atoms with Crippen molar-refractivity contribution in [1.29, 1.82) is 0 Å². The van der Waals surface area contributed by atoms with Crippen LogP contribution in [0.15, 0.2) is 23.4 Å². The lowest BCUT2D eigenvalue weighted by atomic mass is 10.2. The molecule has 9 nitrogen and oxygen atoms in total. The maximum atomic E-state index is 12.5. The second kappa shape index (κ2) is 6.97. The third kappa shape index (κ3) is 4.10. The monoisotopic (exact) mass is 319 g/mol. The molecule has 0 radical (unpaired) electrons. The van der Waals surface area contributed by atoms with Crippen molar-refractivity contribution in [2.45, 2.75) is 0 Å². The van der Waals surface area contributed by atoms with Gasteiger partial charge in [-0.2, -0.15) is 0 Å². The van der Waals surface area contributed by atoms with Crippen molar-refractivity contribution in [3.63, 3.8) is 0 Å². The first-order valence-electron chi connectivity index (χ1n) is 6.87. The van der Waals surface area contributed by atoms with Gasteiger partial charge in [-0.1, -0.05) is 0 Å². The summed E-state index contributed by atoms with van der Waals surface area (Å²) in [7, 11) is 3.65. The molecule has 0 spiro atoms. The second-order valence-corrected chi connectivity index (χ2v) is 5.25. The number of hydrogen-bond donors (Lipinski definition) is 2. The van der Waals surface area contributed by atoms with E-state index in [0.717, 1.165) is 0 Å². The Balaban J connectivity index is 2.33. The number of H-pyrrole nitrogens is 1. The van der Waals surface area contributed by atoms with Crippen LogP contribution in [0.3, 0.4) is 0 Å². The number of aromatic amines is 1. The summed E-state index contributed by atoms with van der Waals surface area (Å²) in [4.78, 5) is 48.6. The van der Waals surface area contributed by atoms with Crippen molar-refractivity contribution in [2.24, 2.45) is 0 Å². The van der Waals surface area contributed by atoms with Gasteiger partial charge in [-0.25, -0.2) is 9.97 Å². The van der Waals surface area contributed by atoms with Crippen molar-refractivity contribution >= 4 is 22.9 Å². The van der Waals surface area contributed by atoms with E-state index in [-0.39, 0.29) is 23.1 Å². The van der Waals surface area contributed by atoms with Crippen LogP contribution < -0.4 is 5.56 Å². The first-order valence-corrected chi connectivity index (χ1v) is 6.87. The summed E-state index contributed by atoms with van der Waals surface area (Å²) in [6.45, 7) is 0.343. The van der Waals surface area contributed by atoms with Gasteiger partial charge in [0.1, 0.15) is 6.54 Å². The van der Waals surface area contributed by atoms with Crippen molar-refractivity contribution in [1.82, 2.24) is 24.8 Å². The van der Waals surface area contributed by atoms with Crippen LogP contribution in [0.1, 0.15) is 10.4 Å². The number of nitrogens with zero attached hydrogens (tertiary/aromatic N) is 4. The quantitative estimate of drug-likeness (QED) is 0.730. The van der Waals surface area contributed by atoms with Gasteiger partial charge in [-0.15, -0.1) is 0 Å². The van der Waals surface area contributed by atoms with Gasteiger partial charge in [0.05, 0.1) is 17.3 Å². The SMILES string of the molecule is CN(C)CCN(CC(=O)O)C(=O)c1cnc2nc[nH]c(=O)c2c1. The molecule has 0 unspecified atom stereocenters. The standard InChI is InChI=1S/C14H17N5O4/c1-18(2)3-4-19(7-11(20)21)14(23)9-5-10-12(15-6-9)16-8-17-13(10)22/h5-6,8H,3-4,7H2,1-2H3,(H,20,21)(H,15,16,17,22). The first kappa shape index (κ1) is 16.6. The van der Waals surface area contributed by atoms with E-state index in [4.69, 9.17) is 5.11 Å². The molecule has 2 rings (SSSR count). The highest BCUT2D eigenvalue weighted by molar-refractivity contribution is 5.98. The number of aromatic nitrogens is 3. The molecule has 1 amide bonds. The molecule has 0 aromatic carbocycles. The van der Waals surface area contributed by atoms with Crippen LogP contribution in [0.5, 0.6) is 0 Å². The molecular weight excluding hydrogens is 302 g/mol. The predicted molar refractivity (Wildman–Crippen MR) is 82.3 cm³/mol. The lowest BCUT2D eigenvalue weighted by molar-refractivity contribution is -0.137. The van der Waals surface area contributed by atoms with Gasteiger partial charge < -0.3 is 19.9 Å². The Morgan fingerprint density at radius 3 is 2.65 bits per heavy atom. The molecule has 23 heavy (non-hydrogen) atoms. The minimum atomic E-state index is -1.11. The number of carboxylic acid groups (broad SMARTS) is 1. The summed E-state index contributed by atoms with van der Waals surface area (Å²) >= 11 is 0. The van der Waals surface area contributed by atoms with E-state index < -0.39 is 24.0 Å². The number of fused-ring (bicyclic) bond motifs is 1. The topological polar surface area (TPSA) is 119 Å². The van der Waals surface area contributed by atoms with E-state index in [2.05, 4.69) is 15.0 Å². The Bertz CT molecular complexity index is 786. The highest BCUT2D eigenvalue weighted by Crippen LogP contribution is 2.09. The molecule has 0 saturated carbocycles. The second-order valence-electron chi connectivity index (χ2n) is 5.25. The largest absolute Gasteiger partial charge is 0.480 e. The Morgan fingerprint density at radius 1 is 1.26 bits per heavy atom. The zero-order chi connectivity index (χ0) is 17.0. The minimum Gasteiger partial charge on any atom is -0.480 e. The third-order valence-corrected chi connectivity index (χ3v) is 3.17. The number of aliphatic carboxylic acids is 1. The van der Waals surface area contributed by atoms with Gasteiger partial charge in [-0.3, -0.25) is 14.4 Å². The third-order valence-electron chi connectivity index (χ3n) is 3.17. The predicted octanol–water partition coefficient (Wildman–Crippen LogP) is -0.593. The molecule has 0 aliphatic heterocycles. The molecular formula is C14H17N5O4. The van der Waals surface area contributed by atoms with Crippen LogP contribution in [0, 0.1) is 0 Å². The van der Waals surface area contributed by atoms with E-state index >= 15 is 0 Å². The lowest BCUT2D eigenvalue weighted by Gasteiger charge is -2.22. The molecule has 2 aromatic heterocycles. The Morgan fingerprint density at radius 2 is 2.00 bits per heavy atom. The summed E-state index contributed by atoms with van der Waals surface area (Å²) in [5.74, 6) is -1.60. The number of carbonyl (C=O) groups excluding carboxylic acids is 1. The van der Waals surface area contributed by atoms with Crippen molar-refractivity contribution in [3.8, 4) is 0 Å². The van der Waals surface area contributed by atoms with Crippen LogP contribution in [0.2, 0.25) is 0 Å².